The van der Waals surface area contributed by atoms with Gasteiger partial charge in [-0.25, -0.2) is 13.8 Å². The molecule has 35 heavy (non-hydrogen) atoms. The van der Waals surface area contributed by atoms with E-state index >= 15 is 0 Å². The van der Waals surface area contributed by atoms with Gasteiger partial charge in [-0.1, -0.05) is 11.6 Å². The number of aromatic nitrogens is 2. The van der Waals surface area contributed by atoms with Crippen LogP contribution in [0.5, 0.6) is 5.75 Å². The monoisotopic (exact) mass is 508 g/mol. The summed E-state index contributed by atoms with van der Waals surface area (Å²) < 4.78 is 34.7. The average Bonchev–Trinajstić information content (AvgIpc) is 3.41. The van der Waals surface area contributed by atoms with Gasteiger partial charge in [-0.15, -0.1) is 11.3 Å². The Bertz CT molecular complexity index is 1570. The Morgan fingerprint density at radius 2 is 1.86 bits per heavy atom. The number of thiazole rings is 1. The molecule has 8 heteroatoms. The lowest BCUT2D eigenvalue weighted by Gasteiger charge is -2.08. The molecular weight excluding hydrogens is 490 g/mol. The van der Waals surface area contributed by atoms with Crippen LogP contribution in [0.25, 0.3) is 22.2 Å². The Morgan fingerprint density at radius 1 is 1.09 bits per heavy atom. The maximum atomic E-state index is 14.3. The Balaban J connectivity index is 1.59. The van der Waals surface area contributed by atoms with E-state index in [1.807, 2.05) is 25.1 Å². The van der Waals surface area contributed by atoms with Crippen molar-refractivity contribution in [1.82, 2.24) is 9.55 Å². The van der Waals surface area contributed by atoms with Gasteiger partial charge in [-0.05, 0) is 67.1 Å². The van der Waals surface area contributed by atoms with Gasteiger partial charge < -0.3 is 4.74 Å². The zero-order valence-corrected chi connectivity index (χ0v) is 20.4. The summed E-state index contributed by atoms with van der Waals surface area (Å²) in [4.78, 5) is 18.1. The van der Waals surface area contributed by atoms with Crippen molar-refractivity contribution in [2.45, 2.75) is 13.3 Å². The minimum atomic E-state index is -0.659. The number of carbonyl (C=O) groups excluding carboxylic acids is 1. The van der Waals surface area contributed by atoms with Crippen molar-refractivity contribution in [1.29, 1.82) is 0 Å². The van der Waals surface area contributed by atoms with Crippen molar-refractivity contribution in [3.8, 4) is 17.0 Å². The second-order valence-corrected chi connectivity index (χ2v) is 9.40. The van der Waals surface area contributed by atoms with E-state index in [2.05, 4.69) is 4.98 Å². The van der Waals surface area contributed by atoms with Crippen molar-refractivity contribution in [3.63, 3.8) is 0 Å². The van der Waals surface area contributed by atoms with Crippen LogP contribution in [-0.2, 0) is 6.42 Å². The topological polar surface area (TPSA) is 44.1 Å². The molecule has 0 spiro atoms. The lowest BCUT2D eigenvalue weighted by Crippen LogP contribution is -2.13. The van der Waals surface area contributed by atoms with Gasteiger partial charge in [0.05, 0.1) is 23.3 Å². The molecule has 0 atom stereocenters. The maximum absolute atomic E-state index is 14.3. The van der Waals surface area contributed by atoms with E-state index in [9.17, 15) is 13.6 Å². The molecule has 0 aliphatic heterocycles. The van der Waals surface area contributed by atoms with E-state index in [1.165, 1.54) is 23.5 Å². The predicted molar refractivity (Wildman–Crippen MR) is 135 cm³/mol. The molecule has 5 rings (SSSR count). The van der Waals surface area contributed by atoms with Crippen molar-refractivity contribution >= 4 is 39.7 Å². The van der Waals surface area contributed by atoms with Crippen LogP contribution in [0.3, 0.4) is 0 Å². The van der Waals surface area contributed by atoms with Gasteiger partial charge in [-0.3, -0.25) is 9.36 Å². The number of hydrogen-bond donors (Lipinski definition) is 0. The van der Waals surface area contributed by atoms with Crippen LogP contribution >= 0.6 is 22.9 Å². The largest absolute Gasteiger partial charge is 0.497 e. The number of hydrogen-bond acceptors (Lipinski definition) is 4. The smallest absolute Gasteiger partial charge is 0.262 e. The molecule has 3 aromatic carbocycles. The first kappa shape index (κ1) is 23.2. The van der Waals surface area contributed by atoms with Gasteiger partial charge in [-0.2, -0.15) is 0 Å². The Morgan fingerprint density at radius 3 is 2.57 bits per heavy atom. The van der Waals surface area contributed by atoms with E-state index in [0.717, 1.165) is 33.2 Å². The molecule has 0 fully saturated rings. The second-order valence-electron chi connectivity index (χ2n) is 8.02. The van der Waals surface area contributed by atoms with Crippen molar-refractivity contribution in [2.24, 2.45) is 0 Å². The average molecular weight is 509 g/mol. The number of ether oxygens (including phenoxy) is 1. The van der Waals surface area contributed by atoms with E-state index < -0.39 is 11.6 Å². The molecule has 0 N–H and O–H groups in total. The fraction of sp³-hybridized carbons (Fsp3) is 0.111. The fourth-order valence-corrected chi connectivity index (χ4v) is 5.09. The van der Waals surface area contributed by atoms with Gasteiger partial charge in [0.2, 0.25) is 0 Å². The summed E-state index contributed by atoms with van der Waals surface area (Å²) in [5.74, 6) is -0.797. The number of methoxy groups -OCH3 is 1. The molecule has 2 heterocycles. The fourth-order valence-electron chi connectivity index (χ4n) is 4.16. The van der Waals surface area contributed by atoms with Crippen LogP contribution in [0.15, 0.2) is 66.0 Å². The lowest BCUT2D eigenvalue weighted by atomic mass is 10.1. The van der Waals surface area contributed by atoms with Crippen LogP contribution in [0, 0.1) is 18.6 Å². The number of fused-ring (bicyclic) bond motifs is 1. The van der Waals surface area contributed by atoms with Crippen LogP contribution in [0.2, 0.25) is 5.02 Å². The normalized spacial score (nSPS) is 11.2. The predicted octanol–water partition coefficient (Wildman–Crippen LogP) is 7.29. The third-order valence-electron chi connectivity index (χ3n) is 5.92. The maximum Gasteiger partial charge on any atom is 0.262 e. The molecule has 0 saturated heterocycles. The zero-order chi connectivity index (χ0) is 24.7. The molecule has 2 aromatic heterocycles. The molecular formula is C27H19ClF2N2O2S. The molecule has 176 valence electrons. The molecule has 0 bridgehead atoms. The SMILES string of the molecule is COc1ccc2c(c1)c(Cc1nc(-c3ccc(F)cc3F)cs1)c(C)n2C(=O)c1ccc(Cl)cc1. The first-order valence-corrected chi connectivity index (χ1v) is 12.0. The van der Waals surface area contributed by atoms with Crippen LogP contribution in [0.4, 0.5) is 8.78 Å². The highest BCUT2D eigenvalue weighted by Crippen LogP contribution is 2.33. The summed E-state index contributed by atoms with van der Waals surface area (Å²) in [7, 11) is 1.59. The molecule has 0 unspecified atom stereocenters. The number of benzene rings is 3. The zero-order valence-electron chi connectivity index (χ0n) is 18.8. The molecule has 0 aliphatic rings. The highest BCUT2D eigenvalue weighted by Gasteiger charge is 2.22. The number of nitrogens with zero attached hydrogens (tertiary/aromatic N) is 2. The molecule has 0 amide bonds. The summed E-state index contributed by atoms with van der Waals surface area (Å²) in [6, 6.07) is 15.8. The van der Waals surface area contributed by atoms with Crippen LogP contribution in [-0.4, -0.2) is 22.6 Å². The van der Waals surface area contributed by atoms with Crippen molar-refractivity contribution < 1.29 is 18.3 Å². The van der Waals surface area contributed by atoms with Gasteiger partial charge in [0.25, 0.3) is 5.91 Å². The van der Waals surface area contributed by atoms with Crippen LogP contribution < -0.4 is 4.74 Å². The molecule has 0 aliphatic carbocycles. The van der Waals surface area contributed by atoms with E-state index in [0.29, 0.717) is 28.5 Å². The lowest BCUT2D eigenvalue weighted by molar-refractivity contribution is 0.0963. The molecule has 0 radical (unpaired) electrons. The summed E-state index contributed by atoms with van der Waals surface area (Å²) in [6.45, 7) is 1.89. The molecule has 4 nitrogen and oxygen atoms in total. The van der Waals surface area contributed by atoms with E-state index in [4.69, 9.17) is 16.3 Å². The van der Waals surface area contributed by atoms with E-state index in [-0.39, 0.29) is 11.5 Å². The Hall–Kier alpha value is -3.55. The third-order valence-corrected chi connectivity index (χ3v) is 7.02. The van der Waals surface area contributed by atoms with Crippen LogP contribution in [0.1, 0.15) is 26.6 Å². The number of rotatable bonds is 5. The molecule has 5 aromatic rings. The highest BCUT2D eigenvalue weighted by atomic mass is 35.5. The Kier molecular flexibility index (Phi) is 6.13. The third kappa shape index (κ3) is 4.33. The van der Waals surface area contributed by atoms with Gasteiger partial charge >= 0.3 is 0 Å². The minimum absolute atomic E-state index is 0.172. The first-order valence-electron chi connectivity index (χ1n) is 10.7. The second kappa shape index (κ2) is 9.24. The minimum Gasteiger partial charge on any atom is -0.497 e. The number of carbonyl (C=O) groups is 1. The summed E-state index contributed by atoms with van der Waals surface area (Å²) in [6.07, 6.45) is 0.434. The summed E-state index contributed by atoms with van der Waals surface area (Å²) in [5, 5.41) is 3.92. The standard InChI is InChI=1S/C27H19ClF2N2O2S/c1-15-21(13-26-31-24(14-35-26)20-9-7-18(29)11-23(20)30)22-12-19(34-2)8-10-25(22)32(15)27(33)16-3-5-17(28)6-4-16/h3-12,14H,13H2,1-2H3. The highest BCUT2D eigenvalue weighted by molar-refractivity contribution is 7.10. The number of halogens is 3. The van der Waals surface area contributed by atoms with Gasteiger partial charge in [0.15, 0.2) is 0 Å². The summed E-state index contributed by atoms with van der Waals surface area (Å²) >= 11 is 7.38. The van der Waals surface area contributed by atoms with Crippen molar-refractivity contribution in [2.75, 3.05) is 7.11 Å². The van der Waals surface area contributed by atoms with Crippen molar-refractivity contribution in [3.05, 3.63) is 105 Å². The quantitative estimate of drug-likeness (QED) is 0.250. The van der Waals surface area contributed by atoms with Gasteiger partial charge in [0.1, 0.15) is 17.4 Å². The van der Waals surface area contributed by atoms with Gasteiger partial charge in [0, 0.05) is 45.1 Å². The van der Waals surface area contributed by atoms with E-state index in [1.54, 1.807) is 41.3 Å². The molecule has 0 saturated carbocycles. The first-order chi connectivity index (χ1) is 16.9. The Labute approximate surface area is 209 Å². The summed E-state index contributed by atoms with van der Waals surface area (Å²) in [5.41, 5.74) is 3.64.